The maximum Gasteiger partial charge on any atom is 0.351 e. The van der Waals surface area contributed by atoms with Crippen molar-refractivity contribution >= 4 is 11.8 Å². The summed E-state index contributed by atoms with van der Waals surface area (Å²) >= 11 is 0. The number of nitrogens with two attached hydrogens (primary N) is 1. The molecular formula is C20H27N3O6. The van der Waals surface area contributed by atoms with Crippen molar-refractivity contribution in [2.24, 2.45) is 23.2 Å². The van der Waals surface area contributed by atoms with Crippen molar-refractivity contribution in [1.82, 2.24) is 9.55 Å². The van der Waals surface area contributed by atoms with E-state index in [4.69, 9.17) is 15.2 Å². The first-order chi connectivity index (χ1) is 13.8. The third-order valence-electron chi connectivity index (χ3n) is 7.31. The number of carbonyl (C=O) groups excluding carboxylic acids is 1. The highest BCUT2D eigenvalue weighted by atomic mass is 16.6. The molecular weight excluding hydrogens is 378 g/mol. The van der Waals surface area contributed by atoms with Gasteiger partial charge in [0.15, 0.2) is 6.23 Å². The second-order valence-electron chi connectivity index (χ2n) is 9.38. The molecule has 1 aliphatic heterocycles. The lowest BCUT2D eigenvalue weighted by molar-refractivity contribution is -0.177. The first-order valence-corrected chi connectivity index (χ1v) is 10.4. The number of hydrogen-bond donors (Lipinski definition) is 3. The minimum atomic E-state index is -1.35. The van der Waals surface area contributed by atoms with Crippen molar-refractivity contribution in [2.75, 3.05) is 12.3 Å². The Balaban J connectivity index is 1.25. The highest BCUT2D eigenvalue weighted by molar-refractivity contribution is 5.77. The summed E-state index contributed by atoms with van der Waals surface area (Å²) in [4.78, 5) is 28.6. The Morgan fingerprint density at radius 1 is 1.21 bits per heavy atom. The Kier molecular flexibility index (Phi) is 4.45. The van der Waals surface area contributed by atoms with Gasteiger partial charge in [-0.3, -0.25) is 9.36 Å². The number of aliphatic hydroxyl groups is 2. The lowest BCUT2D eigenvalue weighted by Gasteiger charge is -2.55. The molecule has 4 N–H and O–H groups in total. The van der Waals surface area contributed by atoms with E-state index in [1.54, 1.807) is 0 Å². The maximum absolute atomic E-state index is 13.0. The zero-order valence-corrected chi connectivity index (χ0v) is 16.1. The highest BCUT2D eigenvalue weighted by Crippen LogP contribution is 2.60. The number of aliphatic hydroxyl groups excluding tert-OH is 2. The molecule has 4 bridgehead atoms. The van der Waals surface area contributed by atoms with Crippen LogP contribution in [0.3, 0.4) is 0 Å². The highest BCUT2D eigenvalue weighted by Gasteiger charge is 2.56. The first kappa shape index (κ1) is 19.0. The molecule has 9 nitrogen and oxygen atoms in total. The van der Waals surface area contributed by atoms with Crippen molar-refractivity contribution in [3.05, 3.63) is 22.7 Å². The third kappa shape index (κ3) is 3.15. The standard InChI is InChI=1S/C20H27N3O6/c21-14-1-2-23(19(27)22-14)17-16(25)15(24)13(29-17)9-28-18(26)20-6-10-3-11(7-20)5-12(4-10)8-20/h1-2,10-13,15-17,24-25H,3-9H2,(H2,21,22,27)/t10?,11?,12?,13-,15+,16-,17-,20?/m1/s1. The zero-order valence-electron chi connectivity index (χ0n) is 16.1. The average molecular weight is 405 g/mol. The summed E-state index contributed by atoms with van der Waals surface area (Å²) in [6, 6.07) is 1.41. The predicted molar refractivity (Wildman–Crippen MR) is 100 cm³/mol. The molecule has 4 saturated carbocycles. The molecule has 5 aliphatic rings. The molecule has 158 valence electrons. The SMILES string of the molecule is Nc1ccn([C@@H]2O[C@H](COC(=O)C34CC5CC(CC(C5)C3)C4)[C@H](O)[C@H]2O)c(=O)n1. The first-order valence-electron chi connectivity index (χ1n) is 10.4. The quantitative estimate of drug-likeness (QED) is 0.605. The number of ether oxygens (including phenoxy) is 2. The molecule has 2 heterocycles. The van der Waals surface area contributed by atoms with Crippen LogP contribution in [0.15, 0.2) is 17.1 Å². The van der Waals surface area contributed by atoms with E-state index in [1.165, 1.54) is 31.5 Å². The lowest BCUT2D eigenvalue weighted by atomic mass is 9.49. The van der Waals surface area contributed by atoms with Gasteiger partial charge in [-0.2, -0.15) is 4.98 Å². The summed E-state index contributed by atoms with van der Waals surface area (Å²) in [5.74, 6) is 1.71. The fourth-order valence-electron chi connectivity index (χ4n) is 6.39. The van der Waals surface area contributed by atoms with E-state index < -0.39 is 35.6 Å². The Morgan fingerprint density at radius 2 is 1.83 bits per heavy atom. The van der Waals surface area contributed by atoms with E-state index in [-0.39, 0.29) is 18.4 Å². The van der Waals surface area contributed by atoms with Gasteiger partial charge in [0.2, 0.25) is 0 Å². The topological polar surface area (TPSA) is 137 Å². The fourth-order valence-corrected chi connectivity index (χ4v) is 6.39. The van der Waals surface area contributed by atoms with Gasteiger partial charge in [0.1, 0.15) is 30.7 Å². The largest absolute Gasteiger partial charge is 0.462 e. The Morgan fingerprint density at radius 3 is 2.41 bits per heavy atom. The van der Waals surface area contributed by atoms with Crippen LogP contribution < -0.4 is 11.4 Å². The Bertz CT molecular complexity index is 835. The van der Waals surface area contributed by atoms with Crippen molar-refractivity contribution < 1.29 is 24.5 Å². The van der Waals surface area contributed by atoms with E-state index >= 15 is 0 Å². The molecule has 1 saturated heterocycles. The van der Waals surface area contributed by atoms with Crippen LogP contribution in [0.4, 0.5) is 5.82 Å². The van der Waals surface area contributed by atoms with Gasteiger partial charge < -0.3 is 25.4 Å². The number of esters is 1. The molecule has 4 atom stereocenters. The van der Waals surface area contributed by atoms with Gasteiger partial charge in [0.05, 0.1) is 5.41 Å². The van der Waals surface area contributed by atoms with Gasteiger partial charge >= 0.3 is 11.7 Å². The van der Waals surface area contributed by atoms with Crippen molar-refractivity contribution in [1.29, 1.82) is 0 Å². The molecule has 0 spiro atoms. The molecule has 6 rings (SSSR count). The Labute approximate surface area is 167 Å². The van der Waals surface area contributed by atoms with Crippen LogP contribution in [0.1, 0.15) is 44.8 Å². The summed E-state index contributed by atoms with van der Waals surface area (Å²) < 4.78 is 12.3. The van der Waals surface area contributed by atoms with Crippen LogP contribution in [0.2, 0.25) is 0 Å². The number of hydrogen-bond acceptors (Lipinski definition) is 8. The van der Waals surface area contributed by atoms with Crippen molar-refractivity contribution in [3.8, 4) is 0 Å². The Hall–Kier alpha value is -1.97. The number of aromatic nitrogens is 2. The van der Waals surface area contributed by atoms with Crippen LogP contribution in [-0.2, 0) is 14.3 Å². The number of anilines is 1. The predicted octanol–water partition coefficient (Wildman–Crippen LogP) is 0.204. The van der Waals surface area contributed by atoms with Gasteiger partial charge in [0.25, 0.3) is 0 Å². The molecule has 1 aromatic rings. The molecule has 0 aromatic carbocycles. The molecule has 9 heteroatoms. The summed E-state index contributed by atoms with van der Waals surface area (Å²) in [6.07, 6.45) is 3.06. The van der Waals surface area contributed by atoms with Crippen LogP contribution in [0.25, 0.3) is 0 Å². The zero-order chi connectivity index (χ0) is 20.3. The van der Waals surface area contributed by atoms with Gasteiger partial charge in [-0.05, 0) is 62.3 Å². The monoisotopic (exact) mass is 405 g/mol. The summed E-state index contributed by atoms with van der Waals surface area (Å²) in [7, 11) is 0. The number of nitrogens with zero attached hydrogens (tertiary/aromatic N) is 2. The molecule has 0 unspecified atom stereocenters. The molecule has 5 fully saturated rings. The second-order valence-corrected chi connectivity index (χ2v) is 9.38. The molecule has 0 amide bonds. The van der Waals surface area contributed by atoms with E-state index in [1.807, 2.05) is 0 Å². The van der Waals surface area contributed by atoms with Gasteiger partial charge in [-0.1, -0.05) is 0 Å². The minimum absolute atomic E-state index is 0.0559. The molecule has 1 aromatic heterocycles. The lowest BCUT2D eigenvalue weighted by Crippen LogP contribution is -2.51. The van der Waals surface area contributed by atoms with E-state index in [2.05, 4.69) is 4.98 Å². The minimum Gasteiger partial charge on any atom is -0.462 e. The molecule has 29 heavy (non-hydrogen) atoms. The smallest absolute Gasteiger partial charge is 0.351 e. The van der Waals surface area contributed by atoms with Gasteiger partial charge in [-0.25, -0.2) is 4.79 Å². The molecule has 4 aliphatic carbocycles. The third-order valence-corrected chi connectivity index (χ3v) is 7.31. The van der Waals surface area contributed by atoms with Crippen LogP contribution >= 0.6 is 0 Å². The second kappa shape index (κ2) is 6.78. The summed E-state index contributed by atoms with van der Waals surface area (Å²) in [5.41, 5.74) is 4.40. The average Bonchev–Trinajstić information content (AvgIpc) is 2.93. The summed E-state index contributed by atoms with van der Waals surface area (Å²) in [5, 5.41) is 20.7. The summed E-state index contributed by atoms with van der Waals surface area (Å²) in [6.45, 7) is -0.160. The number of rotatable bonds is 4. The molecule has 0 radical (unpaired) electrons. The number of nitrogen functional groups attached to an aromatic ring is 1. The number of carbonyl (C=O) groups is 1. The van der Waals surface area contributed by atoms with Gasteiger partial charge in [0, 0.05) is 6.20 Å². The van der Waals surface area contributed by atoms with Crippen LogP contribution in [0.5, 0.6) is 0 Å². The van der Waals surface area contributed by atoms with Crippen LogP contribution in [0, 0.1) is 23.2 Å². The fraction of sp³-hybridized carbons (Fsp3) is 0.750. The van der Waals surface area contributed by atoms with E-state index in [9.17, 15) is 19.8 Å². The van der Waals surface area contributed by atoms with E-state index in [0.717, 1.165) is 23.8 Å². The van der Waals surface area contributed by atoms with Crippen LogP contribution in [-0.4, -0.2) is 50.7 Å². The van der Waals surface area contributed by atoms with Gasteiger partial charge in [-0.15, -0.1) is 0 Å². The maximum atomic E-state index is 13.0. The van der Waals surface area contributed by atoms with Crippen molar-refractivity contribution in [3.63, 3.8) is 0 Å². The normalized spacial score (nSPS) is 42.9. The van der Waals surface area contributed by atoms with E-state index in [0.29, 0.717) is 17.8 Å². The van der Waals surface area contributed by atoms with Crippen molar-refractivity contribution in [2.45, 2.75) is 63.1 Å².